The zero-order chi connectivity index (χ0) is 28.7. The van der Waals surface area contributed by atoms with Gasteiger partial charge in [0, 0.05) is 61.5 Å². The molecule has 1 N–H and O–H groups in total. The van der Waals surface area contributed by atoms with E-state index in [0.29, 0.717) is 43.3 Å². The molecule has 1 aliphatic heterocycles. The van der Waals surface area contributed by atoms with E-state index < -0.39 is 23.3 Å². The normalized spacial score (nSPS) is 14.9. The fourth-order valence-corrected chi connectivity index (χ4v) is 4.53. The van der Waals surface area contributed by atoms with Crippen LogP contribution in [-0.4, -0.2) is 51.3 Å². The van der Waals surface area contributed by atoms with Gasteiger partial charge in [-0.1, -0.05) is 12.8 Å². The lowest BCUT2D eigenvalue weighted by Gasteiger charge is -2.36. The predicted molar refractivity (Wildman–Crippen MR) is 147 cm³/mol. The number of amides is 1. The van der Waals surface area contributed by atoms with Gasteiger partial charge in [-0.05, 0) is 46.6 Å². The van der Waals surface area contributed by atoms with E-state index in [-0.39, 0.29) is 18.4 Å². The molecule has 0 bridgehead atoms. The molecule has 0 aliphatic carbocycles. The summed E-state index contributed by atoms with van der Waals surface area (Å²) in [5, 5.41) is 2.73. The van der Waals surface area contributed by atoms with Crippen LogP contribution in [0.4, 0.5) is 19.3 Å². The van der Waals surface area contributed by atoms with Crippen LogP contribution in [0.5, 0.6) is 5.75 Å². The maximum atomic E-state index is 14.6. The second-order valence-corrected chi connectivity index (χ2v) is 10.7. The summed E-state index contributed by atoms with van der Waals surface area (Å²) in [7, 11) is 0. The lowest BCUT2D eigenvalue weighted by Crippen LogP contribution is -2.35. The molecule has 2 aromatic heterocycles. The first-order valence-corrected chi connectivity index (χ1v) is 13.6. The minimum atomic E-state index is -0.994. The first-order chi connectivity index (χ1) is 19.1. The molecule has 3 aromatic rings. The number of fused-ring (bicyclic) bond motifs is 1. The fourth-order valence-electron chi connectivity index (χ4n) is 4.53. The Morgan fingerprint density at radius 2 is 1.82 bits per heavy atom. The van der Waals surface area contributed by atoms with Crippen LogP contribution in [0.1, 0.15) is 70.7 Å². The highest BCUT2D eigenvalue weighted by molar-refractivity contribution is 5.67. The highest BCUT2D eigenvalue weighted by Crippen LogP contribution is 2.36. The van der Waals surface area contributed by atoms with Gasteiger partial charge < -0.3 is 19.7 Å². The number of unbranched alkanes of at least 4 members (excludes halogenated alkanes) is 3. The minimum absolute atomic E-state index is 0.104. The van der Waals surface area contributed by atoms with E-state index in [1.165, 1.54) is 6.07 Å². The highest BCUT2D eigenvalue weighted by Gasteiger charge is 2.28. The van der Waals surface area contributed by atoms with Crippen LogP contribution in [0, 0.1) is 11.6 Å². The summed E-state index contributed by atoms with van der Waals surface area (Å²) >= 11 is 0. The predicted octanol–water partition coefficient (Wildman–Crippen LogP) is 5.80. The first-order valence-electron chi connectivity index (χ1n) is 13.6. The van der Waals surface area contributed by atoms with Crippen molar-refractivity contribution in [2.24, 2.45) is 0 Å². The molecule has 3 heterocycles. The molecule has 0 saturated heterocycles. The number of hydrogen-bond donors (Lipinski definition) is 1. The van der Waals surface area contributed by atoms with Gasteiger partial charge in [0.2, 0.25) is 5.82 Å². The number of anilines is 1. The summed E-state index contributed by atoms with van der Waals surface area (Å²) in [6, 6.07) is 4.34. The summed E-state index contributed by atoms with van der Waals surface area (Å²) < 4.78 is 40.0. The average Bonchev–Trinajstić information content (AvgIpc) is 2.92. The summed E-state index contributed by atoms with van der Waals surface area (Å²) in [4.78, 5) is 31.2. The Labute approximate surface area is 233 Å². The summed E-state index contributed by atoms with van der Waals surface area (Å²) in [5.74, 6) is -1.13. The third-order valence-electron chi connectivity index (χ3n) is 6.48. The minimum Gasteiger partial charge on any atom is -0.490 e. The maximum Gasteiger partial charge on any atom is 0.407 e. The van der Waals surface area contributed by atoms with Gasteiger partial charge in [0.05, 0.1) is 18.3 Å². The Kier molecular flexibility index (Phi) is 9.44. The number of carbonyl (C=O) groups excluding carboxylic acids is 1. The van der Waals surface area contributed by atoms with Gasteiger partial charge in [-0.15, -0.1) is 0 Å². The highest BCUT2D eigenvalue weighted by atomic mass is 19.2. The van der Waals surface area contributed by atoms with Crippen molar-refractivity contribution in [1.82, 2.24) is 25.3 Å². The zero-order valence-electron chi connectivity index (χ0n) is 23.4. The summed E-state index contributed by atoms with van der Waals surface area (Å²) in [5.41, 5.74) is 1.82. The fraction of sp³-hybridized carbons (Fsp3) is 0.483. The lowest BCUT2D eigenvalue weighted by atomic mass is 9.98. The molecule has 0 fully saturated rings. The van der Waals surface area contributed by atoms with Crippen molar-refractivity contribution >= 4 is 11.8 Å². The van der Waals surface area contributed by atoms with E-state index in [1.807, 2.05) is 32.6 Å². The van der Waals surface area contributed by atoms with Crippen molar-refractivity contribution in [2.75, 3.05) is 24.6 Å². The van der Waals surface area contributed by atoms with Gasteiger partial charge in [0.15, 0.2) is 23.2 Å². The molecule has 0 radical (unpaired) electrons. The van der Waals surface area contributed by atoms with Gasteiger partial charge in [0.25, 0.3) is 0 Å². The number of benzene rings is 1. The van der Waals surface area contributed by atoms with Gasteiger partial charge >= 0.3 is 6.09 Å². The largest absolute Gasteiger partial charge is 0.490 e. The molecule has 0 saturated carbocycles. The molecule has 1 unspecified atom stereocenters. The van der Waals surface area contributed by atoms with Crippen molar-refractivity contribution in [3.63, 3.8) is 0 Å². The van der Waals surface area contributed by atoms with Crippen LogP contribution in [0.15, 0.2) is 36.8 Å². The molecule has 40 heavy (non-hydrogen) atoms. The van der Waals surface area contributed by atoms with Crippen LogP contribution in [0.3, 0.4) is 0 Å². The number of hydrogen-bond acceptors (Lipinski definition) is 8. The third-order valence-corrected chi connectivity index (χ3v) is 6.48. The monoisotopic (exact) mass is 554 g/mol. The van der Waals surface area contributed by atoms with Crippen molar-refractivity contribution in [3.8, 4) is 17.4 Å². The SMILES string of the molecule is CC1c2cnc(-c3ncccn3)nc2CCN1c1cc(F)c(F)c(OCCCCCCNC(=O)OC(C)(C)C)c1. The molecular weight excluding hydrogens is 518 g/mol. The molecule has 1 atom stereocenters. The molecule has 4 rings (SSSR count). The number of rotatable bonds is 10. The molecular formula is C29H36F2N6O3. The van der Waals surface area contributed by atoms with E-state index in [9.17, 15) is 13.6 Å². The van der Waals surface area contributed by atoms with E-state index in [2.05, 4.69) is 25.3 Å². The Balaban J connectivity index is 1.30. The Hall–Kier alpha value is -3.89. The Bertz CT molecular complexity index is 1300. The topological polar surface area (TPSA) is 102 Å². The second kappa shape index (κ2) is 13.0. The quantitative estimate of drug-likeness (QED) is 0.314. The summed E-state index contributed by atoms with van der Waals surface area (Å²) in [6.07, 6.45) is 8.38. The smallest absolute Gasteiger partial charge is 0.407 e. The molecule has 11 heteroatoms. The van der Waals surface area contributed by atoms with Gasteiger partial charge in [-0.25, -0.2) is 29.1 Å². The van der Waals surface area contributed by atoms with E-state index >= 15 is 0 Å². The van der Waals surface area contributed by atoms with Crippen molar-refractivity contribution in [2.45, 2.75) is 71.4 Å². The number of nitrogens with one attached hydrogen (secondary N) is 1. The molecule has 214 valence electrons. The van der Waals surface area contributed by atoms with Gasteiger partial charge in [0.1, 0.15) is 5.60 Å². The molecule has 1 amide bonds. The maximum absolute atomic E-state index is 14.6. The standard InChI is InChI=1S/C29H36F2N6O3/c1-19-21-18-35-27(26-32-12-9-13-33-26)36-23(21)10-14-37(19)20-16-22(30)25(31)24(17-20)39-15-8-6-5-7-11-34-28(38)40-29(2,3)4/h9,12-13,16-19H,5-8,10-11,14-15H2,1-4H3,(H,34,38). The number of alkyl carbamates (subject to hydrolysis) is 1. The van der Waals surface area contributed by atoms with Crippen LogP contribution < -0.4 is 15.0 Å². The molecule has 0 spiro atoms. The van der Waals surface area contributed by atoms with Gasteiger partial charge in [-0.3, -0.25) is 0 Å². The third kappa shape index (κ3) is 7.61. The Morgan fingerprint density at radius 3 is 2.58 bits per heavy atom. The number of halogens is 2. The molecule has 1 aromatic carbocycles. The van der Waals surface area contributed by atoms with Crippen molar-refractivity contribution < 1.29 is 23.0 Å². The lowest BCUT2D eigenvalue weighted by molar-refractivity contribution is 0.0527. The number of nitrogens with zero attached hydrogens (tertiary/aromatic N) is 5. The average molecular weight is 555 g/mol. The first kappa shape index (κ1) is 29.1. The number of aromatic nitrogens is 4. The molecule has 9 nitrogen and oxygen atoms in total. The zero-order valence-corrected chi connectivity index (χ0v) is 23.4. The van der Waals surface area contributed by atoms with Crippen LogP contribution in [0.2, 0.25) is 0 Å². The van der Waals surface area contributed by atoms with Crippen LogP contribution >= 0.6 is 0 Å². The van der Waals surface area contributed by atoms with E-state index in [4.69, 9.17) is 9.47 Å². The second-order valence-electron chi connectivity index (χ2n) is 10.7. The summed E-state index contributed by atoms with van der Waals surface area (Å²) in [6.45, 7) is 8.78. The Morgan fingerprint density at radius 1 is 1.07 bits per heavy atom. The van der Waals surface area contributed by atoms with E-state index in [0.717, 1.165) is 30.5 Å². The van der Waals surface area contributed by atoms with Crippen LogP contribution in [-0.2, 0) is 11.2 Å². The van der Waals surface area contributed by atoms with Crippen molar-refractivity contribution in [3.05, 3.63) is 59.7 Å². The van der Waals surface area contributed by atoms with Crippen LogP contribution in [0.25, 0.3) is 11.6 Å². The van der Waals surface area contributed by atoms with Crippen molar-refractivity contribution in [1.29, 1.82) is 0 Å². The number of ether oxygens (including phenoxy) is 2. The van der Waals surface area contributed by atoms with E-state index in [1.54, 1.807) is 30.7 Å². The molecule has 1 aliphatic rings. The number of carbonyl (C=O) groups is 1. The van der Waals surface area contributed by atoms with Gasteiger partial charge in [-0.2, -0.15) is 4.39 Å².